The molecule has 2 N–H and O–H groups in total. The summed E-state index contributed by atoms with van der Waals surface area (Å²) in [5.41, 5.74) is 0. The number of fused-ring (bicyclic) bond motifs is 1. The van der Waals surface area contributed by atoms with Crippen molar-refractivity contribution in [2.75, 3.05) is 26.0 Å². The Morgan fingerprint density at radius 1 is 1.10 bits per heavy atom. The summed E-state index contributed by atoms with van der Waals surface area (Å²) in [6.45, 7) is 3.74. The van der Waals surface area contributed by atoms with Crippen LogP contribution in [0.5, 0.6) is 0 Å². The second-order valence-corrected chi connectivity index (χ2v) is 9.93. The van der Waals surface area contributed by atoms with Gasteiger partial charge in [0.15, 0.2) is 0 Å². The van der Waals surface area contributed by atoms with Gasteiger partial charge < -0.3 is 20.3 Å². The maximum absolute atomic E-state index is 12.4. The van der Waals surface area contributed by atoms with Crippen LogP contribution >= 0.6 is 11.8 Å². The first-order chi connectivity index (χ1) is 15.1. The number of carbonyl (C=O) groups excluding carboxylic acids is 3. The van der Waals surface area contributed by atoms with E-state index in [4.69, 9.17) is 0 Å². The molecule has 0 aromatic heterocycles. The van der Waals surface area contributed by atoms with Crippen LogP contribution in [0.4, 0.5) is 4.79 Å². The normalized spacial score (nSPS) is 22.3. The van der Waals surface area contributed by atoms with E-state index in [9.17, 15) is 14.4 Å². The van der Waals surface area contributed by atoms with Gasteiger partial charge in [0.25, 0.3) is 0 Å². The summed E-state index contributed by atoms with van der Waals surface area (Å²) < 4.78 is 4.61. The van der Waals surface area contributed by atoms with Gasteiger partial charge in [0.05, 0.1) is 19.2 Å². The third kappa shape index (κ3) is 8.91. The highest BCUT2D eigenvalue weighted by Crippen LogP contribution is 2.37. The van der Waals surface area contributed by atoms with Crippen LogP contribution in [0.2, 0.25) is 0 Å². The Morgan fingerprint density at radius 3 is 2.65 bits per heavy atom. The molecule has 2 rings (SSSR count). The average molecular weight is 456 g/mol. The second kappa shape index (κ2) is 14.6. The first-order valence-corrected chi connectivity index (χ1v) is 13.1. The van der Waals surface area contributed by atoms with Gasteiger partial charge in [-0.3, -0.25) is 9.59 Å². The van der Waals surface area contributed by atoms with E-state index in [-0.39, 0.29) is 23.9 Å². The van der Waals surface area contributed by atoms with Gasteiger partial charge in [-0.2, -0.15) is 11.8 Å². The van der Waals surface area contributed by atoms with E-state index in [0.29, 0.717) is 30.7 Å². The van der Waals surface area contributed by atoms with Gasteiger partial charge in [-0.15, -0.1) is 0 Å². The number of thioether (sulfide) groups is 1. The summed E-state index contributed by atoms with van der Waals surface area (Å²) >= 11 is 1.98. The number of esters is 1. The topological polar surface area (TPSA) is 87.7 Å². The number of hydrogen-bond donors (Lipinski definition) is 2. The lowest BCUT2D eigenvalue weighted by molar-refractivity contribution is -0.140. The van der Waals surface area contributed by atoms with Crippen molar-refractivity contribution in [3.05, 3.63) is 0 Å². The number of ether oxygens (including phenoxy) is 1. The molecule has 2 saturated heterocycles. The summed E-state index contributed by atoms with van der Waals surface area (Å²) in [4.78, 5) is 37.5. The molecule has 3 atom stereocenters. The third-order valence-corrected chi connectivity index (χ3v) is 7.71. The molecule has 178 valence electrons. The fourth-order valence-electron chi connectivity index (χ4n) is 4.44. The molecule has 0 bridgehead atoms. The Bertz CT molecular complexity index is 575. The number of methoxy groups -OCH3 is 1. The highest BCUT2D eigenvalue weighted by Gasteiger charge is 2.47. The van der Waals surface area contributed by atoms with Gasteiger partial charge in [-0.1, -0.05) is 39.0 Å². The summed E-state index contributed by atoms with van der Waals surface area (Å²) in [6.07, 6.45) is 11.3. The summed E-state index contributed by atoms with van der Waals surface area (Å²) in [6, 6.07) is 0.719. The van der Waals surface area contributed by atoms with E-state index in [0.717, 1.165) is 57.2 Å². The Morgan fingerprint density at radius 2 is 1.87 bits per heavy atom. The molecule has 0 aliphatic carbocycles. The molecule has 31 heavy (non-hydrogen) atoms. The number of nitrogens with zero attached hydrogens (tertiary/aromatic N) is 1. The lowest BCUT2D eigenvalue weighted by Crippen LogP contribution is -2.41. The maximum atomic E-state index is 12.4. The van der Waals surface area contributed by atoms with Gasteiger partial charge in [-0.05, 0) is 32.1 Å². The van der Waals surface area contributed by atoms with Crippen molar-refractivity contribution in [2.45, 2.75) is 101 Å². The van der Waals surface area contributed by atoms with Crippen molar-refractivity contribution in [3.63, 3.8) is 0 Å². The molecule has 0 aromatic rings. The van der Waals surface area contributed by atoms with Crippen molar-refractivity contribution in [1.29, 1.82) is 0 Å². The number of amides is 3. The molecule has 2 aliphatic heterocycles. The minimum absolute atomic E-state index is 0.111. The van der Waals surface area contributed by atoms with Gasteiger partial charge in [0, 0.05) is 36.9 Å². The fourth-order valence-corrected chi connectivity index (χ4v) is 6.04. The van der Waals surface area contributed by atoms with Crippen LogP contribution in [0.15, 0.2) is 0 Å². The number of urea groups is 1. The van der Waals surface area contributed by atoms with Gasteiger partial charge in [0.1, 0.15) is 0 Å². The Kier molecular flexibility index (Phi) is 12.2. The lowest BCUT2D eigenvalue weighted by atomic mass is 10.0. The summed E-state index contributed by atoms with van der Waals surface area (Å²) in [5.74, 6) is 0.941. The molecule has 0 radical (unpaired) electrons. The smallest absolute Gasteiger partial charge is 0.318 e. The quantitative estimate of drug-likeness (QED) is 0.210. The highest BCUT2D eigenvalue weighted by atomic mass is 32.2. The average Bonchev–Trinajstić information content (AvgIpc) is 3.29. The SMILES string of the molecule is CCCCCCN1C(=O)N[C@H]2CS[C@@H](CCCCC(=O)NCCCCCC(=O)OC)[C@H]21. The number of rotatable bonds is 16. The molecule has 2 aliphatic rings. The van der Waals surface area contributed by atoms with Crippen molar-refractivity contribution in [2.24, 2.45) is 0 Å². The van der Waals surface area contributed by atoms with Gasteiger partial charge in [0.2, 0.25) is 5.91 Å². The van der Waals surface area contributed by atoms with Crippen LogP contribution < -0.4 is 10.6 Å². The highest BCUT2D eigenvalue weighted by molar-refractivity contribution is 8.00. The minimum Gasteiger partial charge on any atom is -0.469 e. The van der Waals surface area contributed by atoms with Crippen LogP contribution in [-0.4, -0.2) is 66.1 Å². The van der Waals surface area contributed by atoms with Crippen LogP contribution in [0.25, 0.3) is 0 Å². The Labute approximate surface area is 191 Å². The Balaban J connectivity index is 1.56. The molecule has 3 amide bonds. The minimum atomic E-state index is -0.173. The predicted molar refractivity (Wildman–Crippen MR) is 125 cm³/mol. The van der Waals surface area contributed by atoms with Crippen LogP contribution in [-0.2, 0) is 14.3 Å². The molecular weight excluding hydrogens is 414 g/mol. The Hall–Kier alpha value is -1.44. The van der Waals surface area contributed by atoms with E-state index in [1.165, 1.54) is 26.4 Å². The van der Waals surface area contributed by atoms with Crippen molar-refractivity contribution >= 4 is 29.7 Å². The molecule has 0 aromatic carbocycles. The molecule has 0 spiro atoms. The van der Waals surface area contributed by atoms with E-state index in [1.54, 1.807) is 0 Å². The zero-order valence-corrected chi connectivity index (χ0v) is 20.1. The third-order valence-electron chi connectivity index (χ3n) is 6.22. The monoisotopic (exact) mass is 455 g/mol. The zero-order valence-electron chi connectivity index (χ0n) is 19.3. The molecule has 0 saturated carbocycles. The molecule has 7 nitrogen and oxygen atoms in total. The number of unbranched alkanes of at least 4 members (excludes halogenated alkanes) is 6. The van der Waals surface area contributed by atoms with Gasteiger partial charge >= 0.3 is 12.0 Å². The molecule has 2 heterocycles. The van der Waals surface area contributed by atoms with E-state index in [1.807, 2.05) is 11.8 Å². The van der Waals surface area contributed by atoms with E-state index >= 15 is 0 Å². The fraction of sp³-hybridized carbons (Fsp3) is 0.870. The predicted octanol–water partition coefficient (Wildman–Crippen LogP) is 3.85. The number of carbonyl (C=O) groups is 3. The molecule has 8 heteroatoms. The summed E-state index contributed by atoms with van der Waals surface area (Å²) in [5, 5.41) is 6.62. The standard InChI is InChI=1S/C23H41N3O4S/c1-3-4-5-11-16-26-22-18(25-23(26)29)17-31-19(22)12-8-9-13-20(27)24-15-10-6-7-14-21(28)30-2/h18-19,22H,3-17H2,1-2H3,(H,24,27)(H,25,29)/t18-,19-,22-/m0/s1. The lowest BCUT2D eigenvalue weighted by Gasteiger charge is -2.27. The van der Waals surface area contributed by atoms with E-state index < -0.39 is 0 Å². The van der Waals surface area contributed by atoms with Crippen LogP contribution in [0, 0.1) is 0 Å². The van der Waals surface area contributed by atoms with Crippen molar-refractivity contribution < 1.29 is 19.1 Å². The first kappa shape index (κ1) is 25.8. The number of hydrogen-bond acceptors (Lipinski definition) is 5. The second-order valence-electron chi connectivity index (χ2n) is 8.65. The van der Waals surface area contributed by atoms with Crippen molar-refractivity contribution in [1.82, 2.24) is 15.5 Å². The molecule has 2 fully saturated rings. The van der Waals surface area contributed by atoms with Gasteiger partial charge in [-0.25, -0.2) is 4.79 Å². The molecular formula is C23H41N3O4S. The maximum Gasteiger partial charge on any atom is 0.318 e. The largest absolute Gasteiger partial charge is 0.469 e. The first-order valence-electron chi connectivity index (χ1n) is 12.1. The molecule has 0 unspecified atom stereocenters. The number of nitrogens with one attached hydrogen (secondary N) is 2. The zero-order chi connectivity index (χ0) is 22.5. The van der Waals surface area contributed by atoms with E-state index in [2.05, 4.69) is 27.2 Å². The van der Waals surface area contributed by atoms with Crippen LogP contribution in [0.3, 0.4) is 0 Å². The summed E-state index contributed by atoms with van der Waals surface area (Å²) in [7, 11) is 1.40. The van der Waals surface area contributed by atoms with Crippen LogP contribution in [0.1, 0.15) is 84.0 Å². The van der Waals surface area contributed by atoms with Crippen molar-refractivity contribution in [3.8, 4) is 0 Å².